The van der Waals surface area contributed by atoms with E-state index in [1.807, 2.05) is 20.8 Å². The lowest BCUT2D eigenvalue weighted by molar-refractivity contribution is 0.0623. The maximum absolute atomic E-state index is 13.0. The molecule has 1 unspecified atom stereocenters. The van der Waals surface area contributed by atoms with Crippen LogP contribution in [-0.2, 0) is 0 Å². The molecule has 0 nitrogen and oxygen atoms in total. The van der Waals surface area contributed by atoms with Crippen LogP contribution in [0.1, 0.15) is 32.3 Å². The van der Waals surface area contributed by atoms with Crippen LogP contribution in [0.15, 0.2) is 28.7 Å². The van der Waals surface area contributed by atoms with Crippen molar-refractivity contribution in [2.45, 2.75) is 33.1 Å². The van der Waals surface area contributed by atoms with Crippen molar-refractivity contribution in [2.24, 2.45) is 5.41 Å². The van der Waals surface area contributed by atoms with Gasteiger partial charge in [-0.25, -0.2) is 8.78 Å². The van der Waals surface area contributed by atoms with Gasteiger partial charge in [-0.1, -0.05) is 48.8 Å². The zero-order chi connectivity index (χ0) is 11.6. The zero-order valence-corrected chi connectivity index (χ0v) is 10.7. The predicted molar refractivity (Wildman–Crippen MR) is 62.3 cm³/mol. The van der Waals surface area contributed by atoms with Gasteiger partial charge < -0.3 is 0 Å². The number of benzene rings is 1. The second kappa shape index (κ2) is 4.60. The van der Waals surface area contributed by atoms with E-state index in [1.165, 1.54) is 0 Å². The summed E-state index contributed by atoms with van der Waals surface area (Å²) in [4.78, 5) is 0. The van der Waals surface area contributed by atoms with Gasteiger partial charge in [0.2, 0.25) is 6.43 Å². The molecule has 3 heteroatoms. The maximum Gasteiger partial charge on any atom is 0.245 e. The molecule has 0 fully saturated rings. The summed E-state index contributed by atoms with van der Waals surface area (Å²) >= 11 is 3.29. The van der Waals surface area contributed by atoms with Gasteiger partial charge in [-0.05, 0) is 23.1 Å². The molecule has 1 rings (SSSR count). The van der Waals surface area contributed by atoms with Gasteiger partial charge in [-0.2, -0.15) is 0 Å². The highest BCUT2D eigenvalue weighted by Crippen LogP contribution is 2.39. The van der Waals surface area contributed by atoms with E-state index < -0.39 is 17.8 Å². The Morgan fingerprint density at radius 1 is 1.07 bits per heavy atom. The molecular weight excluding hydrogens is 262 g/mol. The molecule has 0 N–H and O–H groups in total. The molecular formula is C12H15BrF2. The number of halogens is 3. The maximum atomic E-state index is 13.0. The van der Waals surface area contributed by atoms with Crippen LogP contribution in [0.2, 0.25) is 0 Å². The van der Waals surface area contributed by atoms with Crippen molar-refractivity contribution in [2.75, 3.05) is 0 Å². The third-order valence-electron chi connectivity index (χ3n) is 2.41. The van der Waals surface area contributed by atoms with E-state index in [9.17, 15) is 8.78 Å². The average molecular weight is 277 g/mol. The van der Waals surface area contributed by atoms with Gasteiger partial charge in [0, 0.05) is 10.4 Å². The molecule has 0 aliphatic carbocycles. The third-order valence-corrected chi connectivity index (χ3v) is 2.94. The number of rotatable bonds is 2. The Kier molecular flexibility index (Phi) is 3.87. The van der Waals surface area contributed by atoms with Crippen molar-refractivity contribution in [1.82, 2.24) is 0 Å². The van der Waals surface area contributed by atoms with Gasteiger partial charge >= 0.3 is 0 Å². The average Bonchev–Trinajstić information content (AvgIpc) is 2.05. The molecule has 0 amide bonds. The molecule has 1 aromatic rings. The van der Waals surface area contributed by atoms with Crippen LogP contribution in [0, 0.1) is 5.41 Å². The first-order valence-electron chi connectivity index (χ1n) is 4.86. The van der Waals surface area contributed by atoms with Gasteiger partial charge in [0.15, 0.2) is 0 Å². The first-order chi connectivity index (χ1) is 6.82. The van der Waals surface area contributed by atoms with E-state index in [4.69, 9.17) is 0 Å². The highest BCUT2D eigenvalue weighted by molar-refractivity contribution is 9.10. The fraction of sp³-hybridized carbons (Fsp3) is 0.500. The fourth-order valence-corrected chi connectivity index (χ4v) is 1.96. The van der Waals surface area contributed by atoms with Gasteiger partial charge in [-0.3, -0.25) is 0 Å². The Morgan fingerprint density at radius 3 is 1.87 bits per heavy atom. The van der Waals surface area contributed by atoms with E-state index in [2.05, 4.69) is 15.9 Å². The van der Waals surface area contributed by atoms with E-state index in [0.717, 1.165) is 4.47 Å². The number of alkyl halides is 2. The predicted octanol–water partition coefficient (Wildman–Crippen LogP) is 4.84. The number of hydrogen-bond acceptors (Lipinski definition) is 0. The number of hydrogen-bond donors (Lipinski definition) is 0. The molecule has 0 saturated heterocycles. The SMILES string of the molecule is CC(C)(C)C(c1ccc(Br)cc1)C(F)F. The summed E-state index contributed by atoms with van der Waals surface area (Å²) in [5.41, 5.74) is 0.267. The minimum Gasteiger partial charge on any atom is -0.210 e. The van der Waals surface area contributed by atoms with Crippen molar-refractivity contribution >= 4 is 15.9 Å². The van der Waals surface area contributed by atoms with Crippen molar-refractivity contribution in [3.8, 4) is 0 Å². The second-order valence-corrected chi connectivity index (χ2v) is 5.65. The normalized spacial score (nSPS) is 14.3. The largest absolute Gasteiger partial charge is 0.245 e. The second-order valence-electron chi connectivity index (χ2n) is 4.73. The zero-order valence-electron chi connectivity index (χ0n) is 9.10. The van der Waals surface area contributed by atoms with Crippen molar-refractivity contribution < 1.29 is 8.78 Å². The fourth-order valence-electron chi connectivity index (χ4n) is 1.69. The molecule has 0 aliphatic rings. The summed E-state index contributed by atoms with van der Waals surface area (Å²) in [6.07, 6.45) is -2.33. The molecule has 0 aliphatic heterocycles. The highest BCUT2D eigenvalue weighted by Gasteiger charge is 2.33. The Balaban J connectivity index is 3.05. The quantitative estimate of drug-likeness (QED) is 0.725. The van der Waals surface area contributed by atoms with Crippen LogP contribution in [0.5, 0.6) is 0 Å². The van der Waals surface area contributed by atoms with Crippen molar-refractivity contribution in [1.29, 1.82) is 0 Å². The Hall–Kier alpha value is -0.440. The minimum absolute atomic E-state index is 0.429. The molecule has 15 heavy (non-hydrogen) atoms. The molecule has 0 spiro atoms. The van der Waals surface area contributed by atoms with E-state index in [1.54, 1.807) is 24.3 Å². The summed E-state index contributed by atoms with van der Waals surface area (Å²) in [5, 5.41) is 0. The molecule has 0 heterocycles. The Morgan fingerprint density at radius 2 is 1.53 bits per heavy atom. The standard InChI is InChI=1S/C12H15BrF2/c1-12(2,3)10(11(14)15)8-4-6-9(13)7-5-8/h4-7,10-11H,1-3H3. The first kappa shape index (κ1) is 12.6. The Bertz CT molecular complexity index is 311. The topological polar surface area (TPSA) is 0 Å². The third kappa shape index (κ3) is 3.26. The lowest BCUT2D eigenvalue weighted by atomic mass is 9.77. The lowest BCUT2D eigenvalue weighted by Gasteiger charge is -2.30. The summed E-state index contributed by atoms with van der Waals surface area (Å²) in [6.45, 7) is 5.52. The smallest absolute Gasteiger partial charge is 0.210 e. The summed E-state index contributed by atoms with van der Waals surface area (Å²) < 4.78 is 26.8. The molecule has 0 bridgehead atoms. The van der Waals surface area contributed by atoms with Crippen LogP contribution in [-0.4, -0.2) is 6.43 Å². The minimum atomic E-state index is -2.33. The van der Waals surface area contributed by atoms with Gasteiger partial charge in [0.25, 0.3) is 0 Å². The van der Waals surface area contributed by atoms with Crippen LogP contribution < -0.4 is 0 Å². The Labute approximate surface area is 97.8 Å². The molecule has 0 aromatic heterocycles. The van der Waals surface area contributed by atoms with Crippen LogP contribution in [0.25, 0.3) is 0 Å². The summed E-state index contributed by atoms with van der Waals surface area (Å²) in [5.74, 6) is -0.717. The van der Waals surface area contributed by atoms with Crippen LogP contribution >= 0.6 is 15.9 Å². The summed E-state index contributed by atoms with van der Waals surface area (Å²) in [7, 11) is 0. The van der Waals surface area contributed by atoms with Crippen molar-refractivity contribution in [3.63, 3.8) is 0 Å². The van der Waals surface area contributed by atoms with Gasteiger partial charge in [-0.15, -0.1) is 0 Å². The van der Waals surface area contributed by atoms with Crippen LogP contribution in [0.4, 0.5) is 8.78 Å². The van der Waals surface area contributed by atoms with E-state index in [0.29, 0.717) is 5.56 Å². The summed E-state index contributed by atoms with van der Waals surface area (Å²) in [6, 6.07) is 7.12. The highest BCUT2D eigenvalue weighted by atomic mass is 79.9. The van der Waals surface area contributed by atoms with Gasteiger partial charge in [0.1, 0.15) is 0 Å². The van der Waals surface area contributed by atoms with Gasteiger partial charge in [0.05, 0.1) is 0 Å². The molecule has 84 valence electrons. The molecule has 1 aromatic carbocycles. The molecule has 1 atom stereocenters. The molecule has 0 saturated carbocycles. The van der Waals surface area contributed by atoms with Crippen LogP contribution in [0.3, 0.4) is 0 Å². The molecule has 0 radical (unpaired) electrons. The van der Waals surface area contributed by atoms with E-state index in [-0.39, 0.29) is 0 Å². The monoisotopic (exact) mass is 276 g/mol. The first-order valence-corrected chi connectivity index (χ1v) is 5.65. The van der Waals surface area contributed by atoms with E-state index >= 15 is 0 Å². The lowest BCUT2D eigenvalue weighted by Crippen LogP contribution is -2.24. The van der Waals surface area contributed by atoms with Crippen molar-refractivity contribution in [3.05, 3.63) is 34.3 Å².